The van der Waals surface area contributed by atoms with Crippen LogP contribution in [0.15, 0.2) is 30.3 Å². The number of amides is 1. The molecule has 2 atom stereocenters. The summed E-state index contributed by atoms with van der Waals surface area (Å²) in [5.41, 5.74) is -0.620. The van der Waals surface area contributed by atoms with Crippen molar-refractivity contribution in [2.75, 3.05) is 6.61 Å². The normalized spacial score (nSPS) is 20.2. The molecule has 19 heavy (non-hydrogen) atoms. The van der Waals surface area contributed by atoms with Crippen LogP contribution in [0.1, 0.15) is 12.5 Å². The predicted octanol–water partition coefficient (Wildman–Crippen LogP) is 1.15. The van der Waals surface area contributed by atoms with Crippen LogP contribution in [-0.4, -0.2) is 35.4 Å². The first kappa shape index (κ1) is 13.4. The Labute approximate surface area is 110 Å². The molecule has 1 amide bonds. The van der Waals surface area contributed by atoms with Gasteiger partial charge in [-0.2, -0.15) is 0 Å². The lowest BCUT2D eigenvalue weighted by Gasteiger charge is -2.23. The van der Waals surface area contributed by atoms with Crippen molar-refractivity contribution in [1.82, 2.24) is 5.32 Å². The number of nitrogens with one attached hydrogen (secondary N) is 1. The molecule has 0 saturated carbocycles. The number of epoxide rings is 1. The van der Waals surface area contributed by atoms with Crippen LogP contribution in [-0.2, 0) is 20.9 Å². The molecular formula is C13H15NO5. The second-order valence-corrected chi connectivity index (χ2v) is 4.52. The van der Waals surface area contributed by atoms with E-state index < -0.39 is 23.7 Å². The number of carbonyl (C=O) groups excluding carboxylic acids is 1. The van der Waals surface area contributed by atoms with Crippen LogP contribution < -0.4 is 5.32 Å². The van der Waals surface area contributed by atoms with Crippen molar-refractivity contribution >= 4 is 12.1 Å². The standard InChI is InChI=1S/C13H15NO5/c1-13(11(15)16,10-8-18-10)14-12(17)19-7-9-5-3-2-4-6-9/h2-6,10H,7-8H2,1H3,(H,14,17)(H,15,16)/t10?,13-/m1/s1. The van der Waals surface area contributed by atoms with E-state index in [0.29, 0.717) is 6.61 Å². The fourth-order valence-corrected chi connectivity index (χ4v) is 1.62. The Morgan fingerprint density at radius 2 is 2.11 bits per heavy atom. The minimum absolute atomic E-state index is 0.0912. The lowest BCUT2D eigenvalue weighted by atomic mass is 9.99. The van der Waals surface area contributed by atoms with Crippen LogP contribution in [0, 0.1) is 0 Å². The SMILES string of the molecule is C[C@](NC(=O)OCc1ccccc1)(C(=O)O)C1CO1. The summed E-state index contributed by atoms with van der Waals surface area (Å²) in [6, 6.07) is 9.14. The molecule has 1 aromatic rings. The number of hydrogen-bond acceptors (Lipinski definition) is 4. The maximum atomic E-state index is 11.6. The van der Waals surface area contributed by atoms with Crippen molar-refractivity contribution in [3.05, 3.63) is 35.9 Å². The molecule has 1 aliphatic rings. The molecule has 1 aliphatic heterocycles. The van der Waals surface area contributed by atoms with Gasteiger partial charge in [0.05, 0.1) is 6.61 Å². The van der Waals surface area contributed by atoms with E-state index in [1.165, 1.54) is 6.92 Å². The first-order valence-corrected chi connectivity index (χ1v) is 5.86. The summed E-state index contributed by atoms with van der Waals surface area (Å²) in [4.78, 5) is 22.8. The fourth-order valence-electron chi connectivity index (χ4n) is 1.62. The van der Waals surface area contributed by atoms with Crippen molar-refractivity contribution in [2.45, 2.75) is 25.2 Å². The zero-order valence-electron chi connectivity index (χ0n) is 10.5. The van der Waals surface area contributed by atoms with Gasteiger partial charge in [-0.3, -0.25) is 0 Å². The van der Waals surface area contributed by atoms with Gasteiger partial charge in [0.25, 0.3) is 0 Å². The van der Waals surface area contributed by atoms with Gasteiger partial charge in [-0.05, 0) is 12.5 Å². The van der Waals surface area contributed by atoms with Gasteiger partial charge in [0, 0.05) is 0 Å². The molecule has 102 valence electrons. The van der Waals surface area contributed by atoms with Gasteiger partial charge in [0.2, 0.25) is 0 Å². The average Bonchev–Trinajstić information content (AvgIpc) is 3.22. The van der Waals surface area contributed by atoms with Crippen molar-refractivity contribution in [3.8, 4) is 0 Å². The molecular weight excluding hydrogens is 250 g/mol. The van der Waals surface area contributed by atoms with Gasteiger partial charge in [-0.25, -0.2) is 9.59 Å². The first-order chi connectivity index (χ1) is 9.02. The van der Waals surface area contributed by atoms with E-state index in [1.54, 1.807) is 0 Å². The minimum Gasteiger partial charge on any atom is -0.479 e. The van der Waals surface area contributed by atoms with E-state index >= 15 is 0 Å². The van der Waals surface area contributed by atoms with Crippen molar-refractivity contribution < 1.29 is 24.2 Å². The van der Waals surface area contributed by atoms with E-state index in [2.05, 4.69) is 5.32 Å². The first-order valence-electron chi connectivity index (χ1n) is 5.86. The van der Waals surface area contributed by atoms with Gasteiger partial charge in [0.1, 0.15) is 12.7 Å². The third kappa shape index (κ3) is 3.23. The second-order valence-electron chi connectivity index (χ2n) is 4.52. The number of benzene rings is 1. The molecule has 1 fully saturated rings. The number of rotatable bonds is 5. The van der Waals surface area contributed by atoms with Crippen LogP contribution in [0.3, 0.4) is 0 Å². The summed E-state index contributed by atoms with van der Waals surface area (Å²) in [6.07, 6.45) is -1.28. The number of carboxylic acids is 1. The summed E-state index contributed by atoms with van der Waals surface area (Å²) >= 11 is 0. The lowest BCUT2D eigenvalue weighted by molar-refractivity contribution is -0.144. The highest BCUT2D eigenvalue weighted by molar-refractivity contribution is 5.85. The monoisotopic (exact) mass is 265 g/mol. The number of hydrogen-bond donors (Lipinski definition) is 2. The molecule has 0 aromatic heterocycles. The Morgan fingerprint density at radius 1 is 1.47 bits per heavy atom. The lowest BCUT2D eigenvalue weighted by Crippen LogP contribution is -2.56. The quantitative estimate of drug-likeness (QED) is 0.780. The average molecular weight is 265 g/mol. The molecule has 0 aliphatic carbocycles. The van der Waals surface area contributed by atoms with Crippen molar-refractivity contribution in [3.63, 3.8) is 0 Å². The molecule has 0 bridgehead atoms. The molecule has 0 spiro atoms. The van der Waals surface area contributed by atoms with Crippen molar-refractivity contribution in [1.29, 1.82) is 0 Å². The number of ether oxygens (including phenoxy) is 2. The van der Waals surface area contributed by atoms with E-state index in [9.17, 15) is 9.59 Å². The maximum absolute atomic E-state index is 11.6. The van der Waals surface area contributed by atoms with E-state index in [1.807, 2.05) is 30.3 Å². The number of alkyl carbamates (subject to hydrolysis) is 1. The highest BCUT2D eigenvalue weighted by Crippen LogP contribution is 2.24. The van der Waals surface area contributed by atoms with Crippen LogP contribution >= 0.6 is 0 Å². The highest BCUT2D eigenvalue weighted by Gasteiger charge is 2.50. The Bertz CT molecular complexity index is 471. The highest BCUT2D eigenvalue weighted by atomic mass is 16.6. The minimum atomic E-state index is -1.45. The van der Waals surface area contributed by atoms with Gasteiger partial charge in [-0.1, -0.05) is 30.3 Å². The summed E-state index contributed by atoms with van der Waals surface area (Å²) in [5.74, 6) is -1.15. The Hall–Kier alpha value is -2.08. The molecule has 1 unspecified atom stereocenters. The third-order valence-corrected chi connectivity index (χ3v) is 3.00. The van der Waals surface area contributed by atoms with E-state index in [0.717, 1.165) is 5.56 Å². The molecule has 1 saturated heterocycles. The predicted molar refractivity (Wildman–Crippen MR) is 65.5 cm³/mol. The Kier molecular flexibility index (Phi) is 3.71. The molecule has 2 N–H and O–H groups in total. The van der Waals surface area contributed by atoms with Gasteiger partial charge in [0.15, 0.2) is 5.54 Å². The molecule has 1 aromatic carbocycles. The fraction of sp³-hybridized carbons (Fsp3) is 0.385. The third-order valence-electron chi connectivity index (χ3n) is 3.00. The molecule has 6 nitrogen and oxygen atoms in total. The van der Waals surface area contributed by atoms with Gasteiger partial charge >= 0.3 is 12.1 Å². The summed E-state index contributed by atoms with van der Waals surface area (Å²) in [7, 11) is 0. The zero-order chi connectivity index (χ0) is 13.9. The molecule has 0 radical (unpaired) electrons. The Morgan fingerprint density at radius 3 is 2.63 bits per heavy atom. The maximum Gasteiger partial charge on any atom is 0.408 e. The number of carboxylic acid groups (broad SMARTS) is 1. The largest absolute Gasteiger partial charge is 0.479 e. The molecule has 2 rings (SSSR count). The van der Waals surface area contributed by atoms with Crippen molar-refractivity contribution in [2.24, 2.45) is 0 Å². The molecule has 1 heterocycles. The van der Waals surface area contributed by atoms with E-state index in [-0.39, 0.29) is 6.61 Å². The topological polar surface area (TPSA) is 88.2 Å². The van der Waals surface area contributed by atoms with Crippen LogP contribution in [0.2, 0.25) is 0 Å². The number of aliphatic carboxylic acids is 1. The van der Waals surface area contributed by atoms with E-state index in [4.69, 9.17) is 14.6 Å². The van der Waals surface area contributed by atoms with Crippen LogP contribution in [0.25, 0.3) is 0 Å². The van der Waals surface area contributed by atoms with Gasteiger partial charge in [-0.15, -0.1) is 0 Å². The number of carbonyl (C=O) groups is 2. The smallest absolute Gasteiger partial charge is 0.408 e. The summed E-state index contributed by atoms with van der Waals surface area (Å²) in [6.45, 7) is 1.81. The van der Waals surface area contributed by atoms with Gasteiger partial charge < -0.3 is 19.9 Å². The summed E-state index contributed by atoms with van der Waals surface area (Å²) < 4.78 is 9.93. The zero-order valence-corrected chi connectivity index (χ0v) is 10.5. The Balaban J connectivity index is 1.88. The molecule has 6 heteroatoms. The summed E-state index contributed by atoms with van der Waals surface area (Å²) in [5, 5.41) is 11.5. The second kappa shape index (κ2) is 5.27. The van der Waals surface area contributed by atoms with Crippen LogP contribution in [0.4, 0.5) is 4.79 Å². The van der Waals surface area contributed by atoms with Crippen LogP contribution in [0.5, 0.6) is 0 Å².